The van der Waals surface area contributed by atoms with Crippen LogP contribution in [-0.2, 0) is 11.3 Å². The van der Waals surface area contributed by atoms with E-state index in [9.17, 15) is 14.7 Å². The number of aryl methyl sites for hydroxylation is 1. The molecule has 7 nitrogen and oxygen atoms in total. The van der Waals surface area contributed by atoms with Gasteiger partial charge in [-0.2, -0.15) is 0 Å². The van der Waals surface area contributed by atoms with Gasteiger partial charge in [0.15, 0.2) is 5.43 Å². The van der Waals surface area contributed by atoms with Crippen LogP contribution in [0.4, 0.5) is 11.5 Å². The minimum Gasteiger partial charge on any atom is -0.480 e. The molecular weight excluding hydrogens is 332 g/mol. The van der Waals surface area contributed by atoms with E-state index in [1.807, 2.05) is 51.0 Å². The lowest BCUT2D eigenvalue weighted by Crippen LogP contribution is -2.21. The van der Waals surface area contributed by atoms with Crippen molar-refractivity contribution in [2.45, 2.75) is 13.5 Å². The molecule has 0 aliphatic rings. The summed E-state index contributed by atoms with van der Waals surface area (Å²) in [5.74, 6) is -0.325. The highest BCUT2D eigenvalue weighted by Gasteiger charge is 2.19. The minimum absolute atomic E-state index is 0.141. The molecule has 0 aliphatic carbocycles. The fourth-order valence-corrected chi connectivity index (χ4v) is 3.31. The summed E-state index contributed by atoms with van der Waals surface area (Å²) in [6.45, 7) is 1.67. The molecule has 2 aromatic heterocycles. The Balaban J connectivity index is 2.61. The average Bonchev–Trinajstić information content (AvgIpc) is 2.57. The third-order valence-electron chi connectivity index (χ3n) is 4.43. The average molecular weight is 354 g/mol. The van der Waals surface area contributed by atoms with Gasteiger partial charge in [0.1, 0.15) is 18.0 Å². The first kappa shape index (κ1) is 17.7. The number of nitrogens with zero attached hydrogens (tertiary/aromatic N) is 4. The van der Waals surface area contributed by atoms with Crippen LogP contribution in [-0.4, -0.2) is 48.8 Å². The molecule has 0 radical (unpaired) electrons. The second-order valence-electron chi connectivity index (χ2n) is 6.77. The van der Waals surface area contributed by atoms with Crippen LogP contribution < -0.4 is 15.2 Å². The van der Waals surface area contributed by atoms with Crippen LogP contribution in [0.3, 0.4) is 0 Å². The van der Waals surface area contributed by atoms with Crippen LogP contribution in [0.15, 0.2) is 29.1 Å². The molecule has 1 aromatic carbocycles. The van der Waals surface area contributed by atoms with Crippen LogP contribution in [0, 0.1) is 6.92 Å². The van der Waals surface area contributed by atoms with Gasteiger partial charge in [-0.05, 0) is 30.7 Å². The number of pyridine rings is 2. The molecular formula is C19H22N4O3. The molecule has 0 unspecified atom stereocenters. The van der Waals surface area contributed by atoms with Crippen molar-refractivity contribution in [2.24, 2.45) is 0 Å². The predicted octanol–water partition coefficient (Wildman–Crippen LogP) is 2.07. The normalized spacial score (nSPS) is 11.1. The van der Waals surface area contributed by atoms with Gasteiger partial charge in [0.25, 0.3) is 0 Å². The second kappa shape index (κ2) is 6.33. The maximum atomic E-state index is 13.1. The fraction of sp³-hybridized carbons (Fsp3) is 0.316. The molecule has 2 heterocycles. The molecule has 3 rings (SSSR count). The molecule has 26 heavy (non-hydrogen) atoms. The van der Waals surface area contributed by atoms with Crippen LogP contribution in [0.1, 0.15) is 5.56 Å². The first-order chi connectivity index (χ1) is 12.2. The van der Waals surface area contributed by atoms with E-state index in [4.69, 9.17) is 0 Å². The van der Waals surface area contributed by atoms with Crippen LogP contribution >= 0.6 is 0 Å². The van der Waals surface area contributed by atoms with Gasteiger partial charge >= 0.3 is 5.97 Å². The van der Waals surface area contributed by atoms with Crippen molar-refractivity contribution in [3.63, 3.8) is 0 Å². The highest BCUT2D eigenvalue weighted by atomic mass is 16.4. The van der Waals surface area contributed by atoms with Crippen molar-refractivity contribution >= 4 is 39.4 Å². The maximum absolute atomic E-state index is 13.1. The molecule has 136 valence electrons. The molecule has 0 aliphatic heterocycles. The van der Waals surface area contributed by atoms with Crippen molar-refractivity contribution in [3.05, 3.63) is 40.1 Å². The molecule has 0 spiro atoms. The van der Waals surface area contributed by atoms with Gasteiger partial charge in [-0.1, -0.05) is 6.07 Å². The molecule has 0 bridgehead atoms. The Morgan fingerprint density at radius 2 is 1.73 bits per heavy atom. The zero-order chi connectivity index (χ0) is 19.2. The van der Waals surface area contributed by atoms with E-state index in [0.717, 1.165) is 11.3 Å². The van der Waals surface area contributed by atoms with Gasteiger partial charge in [0.05, 0.1) is 16.6 Å². The van der Waals surface area contributed by atoms with Crippen molar-refractivity contribution in [1.29, 1.82) is 0 Å². The van der Waals surface area contributed by atoms with Gasteiger partial charge in [0.2, 0.25) is 0 Å². The highest BCUT2D eigenvalue weighted by Crippen LogP contribution is 2.30. The quantitative estimate of drug-likeness (QED) is 0.723. The summed E-state index contributed by atoms with van der Waals surface area (Å²) < 4.78 is 1.63. The van der Waals surface area contributed by atoms with E-state index in [1.165, 1.54) is 0 Å². The molecule has 0 fully saturated rings. The highest BCUT2D eigenvalue weighted by molar-refractivity contribution is 6.00. The smallest absolute Gasteiger partial charge is 0.323 e. The number of hydrogen-bond acceptors (Lipinski definition) is 5. The molecule has 0 amide bonds. The number of carboxylic acid groups (broad SMARTS) is 1. The van der Waals surface area contributed by atoms with E-state index in [0.29, 0.717) is 27.8 Å². The van der Waals surface area contributed by atoms with Crippen molar-refractivity contribution in [3.8, 4) is 0 Å². The van der Waals surface area contributed by atoms with Crippen LogP contribution in [0.5, 0.6) is 0 Å². The van der Waals surface area contributed by atoms with E-state index >= 15 is 0 Å². The summed E-state index contributed by atoms with van der Waals surface area (Å²) in [4.78, 5) is 32.9. The Hall–Kier alpha value is -3.09. The first-order valence-electron chi connectivity index (χ1n) is 8.25. The summed E-state index contributed by atoms with van der Waals surface area (Å²) in [6, 6.07) is 7.13. The maximum Gasteiger partial charge on any atom is 0.323 e. The van der Waals surface area contributed by atoms with Gasteiger partial charge in [-0.15, -0.1) is 0 Å². The fourth-order valence-electron chi connectivity index (χ4n) is 3.31. The zero-order valence-electron chi connectivity index (χ0n) is 15.6. The summed E-state index contributed by atoms with van der Waals surface area (Å²) in [6.07, 6.45) is 0. The summed E-state index contributed by atoms with van der Waals surface area (Å²) in [5, 5.41) is 10.4. The van der Waals surface area contributed by atoms with Crippen LogP contribution in [0.2, 0.25) is 0 Å². The number of aliphatic carboxylic acids is 1. The summed E-state index contributed by atoms with van der Waals surface area (Å²) in [5.41, 5.74) is 2.62. The van der Waals surface area contributed by atoms with Gasteiger partial charge in [0, 0.05) is 33.6 Å². The molecule has 0 saturated carbocycles. The number of anilines is 2. The number of fused-ring (bicyclic) bond motifs is 2. The molecule has 0 saturated heterocycles. The van der Waals surface area contributed by atoms with Crippen molar-refractivity contribution < 1.29 is 9.90 Å². The van der Waals surface area contributed by atoms with E-state index in [1.54, 1.807) is 22.8 Å². The second-order valence-corrected chi connectivity index (χ2v) is 6.77. The van der Waals surface area contributed by atoms with Gasteiger partial charge in [-0.25, -0.2) is 4.98 Å². The molecule has 0 atom stereocenters. The number of rotatable bonds is 4. The molecule has 7 heteroatoms. The van der Waals surface area contributed by atoms with Crippen molar-refractivity contribution in [2.75, 3.05) is 38.0 Å². The van der Waals surface area contributed by atoms with Gasteiger partial charge < -0.3 is 19.5 Å². The molecule has 3 aromatic rings. The standard InChI is InChI=1S/C19H22N4O3/c1-11-6-7-12-17(16(11)22(4)5)23(10-15(24)25)19-13(18(12)26)8-9-14(20-19)21(2)3/h6-9H,10H2,1-5H3,(H,24,25). The first-order valence-corrected chi connectivity index (χ1v) is 8.25. The third-order valence-corrected chi connectivity index (χ3v) is 4.43. The monoisotopic (exact) mass is 354 g/mol. The van der Waals surface area contributed by atoms with E-state index in [2.05, 4.69) is 4.98 Å². The summed E-state index contributed by atoms with van der Waals surface area (Å²) >= 11 is 0. The zero-order valence-corrected chi connectivity index (χ0v) is 15.6. The van der Waals surface area contributed by atoms with Crippen LogP contribution in [0.25, 0.3) is 21.9 Å². The number of benzene rings is 1. The number of carboxylic acids is 1. The minimum atomic E-state index is -0.987. The Morgan fingerprint density at radius 3 is 2.31 bits per heavy atom. The van der Waals surface area contributed by atoms with E-state index in [-0.39, 0.29) is 12.0 Å². The Bertz CT molecular complexity index is 1080. The Labute approximate surface area is 151 Å². The van der Waals surface area contributed by atoms with E-state index < -0.39 is 5.97 Å². The Kier molecular flexibility index (Phi) is 4.31. The third kappa shape index (κ3) is 2.75. The van der Waals surface area contributed by atoms with Crippen molar-refractivity contribution in [1.82, 2.24) is 9.55 Å². The lowest BCUT2D eigenvalue weighted by molar-refractivity contribution is -0.137. The molecule has 1 N–H and O–H groups in total. The predicted molar refractivity (Wildman–Crippen MR) is 105 cm³/mol. The largest absolute Gasteiger partial charge is 0.480 e. The number of carbonyl (C=O) groups is 1. The topological polar surface area (TPSA) is 78.7 Å². The lowest BCUT2D eigenvalue weighted by atomic mass is 10.1. The number of hydrogen-bond donors (Lipinski definition) is 1. The lowest BCUT2D eigenvalue weighted by Gasteiger charge is -2.22. The summed E-state index contributed by atoms with van der Waals surface area (Å²) in [7, 11) is 7.46. The van der Waals surface area contributed by atoms with Gasteiger partial charge in [-0.3, -0.25) is 9.59 Å². The number of aromatic nitrogens is 2. The SMILES string of the molecule is Cc1ccc2c(=O)c3ccc(N(C)C)nc3n(CC(=O)O)c2c1N(C)C. The Morgan fingerprint density at radius 1 is 1.08 bits per heavy atom.